The van der Waals surface area contributed by atoms with Crippen LogP contribution in [0.15, 0.2) is 24.3 Å². The van der Waals surface area contributed by atoms with E-state index in [0.29, 0.717) is 24.2 Å². The summed E-state index contributed by atoms with van der Waals surface area (Å²) in [5.74, 6) is 1.45. The first-order valence-corrected chi connectivity index (χ1v) is 7.54. The molecule has 20 heavy (non-hydrogen) atoms. The zero-order valence-corrected chi connectivity index (χ0v) is 12.2. The third kappa shape index (κ3) is 4.54. The fourth-order valence-electron chi connectivity index (χ4n) is 2.67. The topological polar surface area (TPSA) is 42.2 Å². The van der Waals surface area contributed by atoms with Gasteiger partial charge in [-0.15, -0.1) is 0 Å². The van der Waals surface area contributed by atoms with Crippen molar-refractivity contribution < 1.29 is 9.47 Å². The molecule has 1 fully saturated rings. The lowest BCUT2D eigenvalue weighted by atomic mass is 9.88. The second kappa shape index (κ2) is 7.91. The molecular formula is C17H23NO2. The molecule has 2 rings (SSSR count). The van der Waals surface area contributed by atoms with Gasteiger partial charge < -0.3 is 9.47 Å². The Labute approximate surface area is 121 Å². The van der Waals surface area contributed by atoms with Gasteiger partial charge in [0.25, 0.3) is 0 Å². The Morgan fingerprint density at radius 1 is 1.25 bits per heavy atom. The fraction of sp³-hybridized carbons (Fsp3) is 0.588. The smallest absolute Gasteiger partial charge is 0.120 e. The fourth-order valence-corrected chi connectivity index (χ4v) is 2.67. The van der Waals surface area contributed by atoms with Gasteiger partial charge in [0.2, 0.25) is 0 Å². The molecule has 0 spiro atoms. The highest BCUT2D eigenvalue weighted by Gasteiger charge is 2.21. The minimum Gasteiger partial charge on any atom is -0.493 e. The number of hydrogen-bond donors (Lipinski definition) is 0. The van der Waals surface area contributed by atoms with E-state index in [4.69, 9.17) is 14.7 Å². The molecule has 1 aliphatic rings. The van der Waals surface area contributed by atoms with E-state index in [0.717, 1.165) is 18.8 Å². The van der Waals surface area contributed by atoms with E-state index in [2.05, 4.69) is 13.0 Å². The van der Waals surface area contributed by atoms with Crippen LogP contribution in [0.4, 0.5) is 0 Å². The quantitative estimate of drug-likeness (QED) is 0.738. The minimum absolute atomic E-state index is 0.436. The zero-order chi connectivity index (χ0) is 14.2. The molecule has 108 valence electrons. The molecule has 0 saturated heterocycles. The summed E-state index contributed by atoms with van der Waals surface area (Å²) in [6, 6.07) is 9.38. The standard InChI is InChI=1S/C17H23NO2/c1-14-6-2-3-9-17(14)20-11-5-10-19-16-8-4-7-15(12-16)13-18/h4,7-8,12,14,17H,2-3,5-6,9-11H2,1H3. The van der Waals surface area contributed by atoms with Crippen molar-refractivity contribution in [2.24, 2.45) is 5.92 Å². The number of nitriles is 1. The van der Waals surface area contributed by atoms with Crippen LogP contribution >= 0.6 is 0 Å². The van der Waals surface area contributed by atoms with Crippen LogP contribution in [-0.4, -0.2) is 19.3 Å². The van der Waals surface area contributed by atoms with Crippen LogP contribution in [0, 0.1) is 17.2 Å². The van der Waals surface area contributed by atoms with Gasteiger partial charge in [0.05, 0.1) is 31.0 Å². The van der Waals surface area contributed by atoms with Gasteiger partial charge in [0.15, 0.2) is 0 Å². The Balaban J connectivity index is 1.62. The largest absolute Gasteiger partial charge is 0.493 e. The first-order chi connectivity index (χ1) is 9.79. The Hall–Kier alpha value is -1.53. The van der Waals surface area contributed by atoms with Crippen LogP contribution in [0.2, 0.25) is 0 Å². The number of rotatable bonds is 6. The van der Waals surface area contributed by atoms with Gasteiger partial charge >= 0.3 is 0 Å². The van der Waals surface area contributed by atoms with Crippen molar-refractivity contribution >= 4 is 0 Å². The molecule has 0 radical (unpaired) electrons. The monoisotopic (exact) mass is 273 g/mol. The first-order valence-electron chi connectivity index (χ1n) is 7.54. The second-order valence-corrected chi connectivity index (χ2v) is 5.51. The van der Waals surface area contributed by atoms with E-state index in [1.165, 1.54) is 25.7 Å². The molecule has 0 bridgehead atoms. The average Bonchev–Trinajstić information content (AvgIpc) is 2.49. The van der Waals surface area contributed by atoms with E-state index >= 15 is 0 Å². The summed E-state index contributed by atoms with van der Waals surface area (Å²) in [5.41, 5.74) is 0.634. The molecule has 1 aliphatic carbocycles. The Morgan fingerprint density at radius 3 is 2.90 bits per heavy atom. The molecular weight excluding hydrogens is 250 g/mol. The number of benzene rings is 1. The highest BCUT2D eigenvalue weighted by Crippen LogP contribution is 2.26. The summed E-state index contributed by atoms with van der Waals surface area (Å²) in [6.07, 6.45) is 6.46. The summed E-state index contributed by atoms with van der Waals surface area (Å²) < 4.78 is 11.6. The molecule has 0 amide bonds. The molecule has 1 aromatic rings. The van der Waals surface area contributed by atoms with E-state index in [1.807, 2.05) is 12.1 Å². The second-order valence-electron chi connectivity index (χ2n) is 5.51. The van der Waals surface area contributed by atoms with E-state index in [-0.39, 0.29) is 0 Å². The number of hydrogen-bond acceptors (Lipinski definition) is 3. The predicted molar refractivity (Wildman–Crippen MR) is 78.6 cm³/mol. The van der Waals surface area contributed by atoms with Crippen LogP contribution in [0.3, 0.4) is 0 Å². The maximum atomic E-state index is 8.82. The average molecular weight is 273 g/mol. The summed E-state index contributed by atoms with van der Waals surface area (Å²) in [5, 5.41) is 8.82. The third-order valence-electron chi connectivity index (χ3n) is 3.89. The maximum absolute atomic E-state index is 8.82. The molecule has 1 saturated carbocycles. The first kappa shape index (κ1) is 14.9. The van der Waals surface area contributed by atoms with E-state index in [9.17, 15) is 0 Å². The van der Waals surface area contributed by atoms with Crippen molar-refractivity contribution in [2.45, 2.75) is 45.1 Å². The lowest BCUT2D eigenvalue weighted by Crippen LogP contribution is -2.26. The normalized spacial score (nSPS) is 22.2. The highest BCUT2D eigenvalue weighted by molar-refractivity contribution is 5.36. The van der Waals surface area contributed by atoms with Crippen molar-refractivity contribution in [3.63, 3.8) is 0 Å². The Kier molecular flexibility index (Phi) is 5.88. The minimum atomic E-state index is 0.436. The van der Waals surface area contributed by atoms with Gasteiger partial charge in [0.1, 0.15) is 5.75 Å². The van der Waals surface area contributed by atoms with Crippen molar-refractivity contribution in [1.29, 1.82) is 5.26 Å². The van der Waals surface area contributed by atoms with Crippen LogP contribution in [0.1, 0.15) is 44.6 Å². The van der Waals surface area contributed by atoms with Crippen LogP contribution in [-0.2, 0) is 4.74 Å². The molecule has 2 atom stereocenters. The summed E-state index contributed by atoms with van der Waals surface area (Å²) in [7, 11) is 0. The van der Waals surface area contributed by atoms with Crippen molar-refractivity contribution in [2.75, 3.05) is 13.2 Å². The molecule has 1 aromatic carbocycles. The molecule has 3 heteroatoms. The van der Waals surface area contributed by atoms with Crippen molar-refractivity contribution in [3.05, 3.63) is 29.8 Å². The number of ether oxygens (including phenoxy) is 2. The van der Waals surface area contributed by atoms with Crippen molar-refractivity contribution in [1.82, 2.24) is 0 Å². The van der Waals surface area contributed by atoms with Gasteiger partial charge in [0, 0.05) is 6.42 Å². The predicted octanol–water partition coefficient (Wildman–Crippen LogP) is 3.92. The molecule has 0 N–H and O–H groups in total. The van der Waals surface area contributed by atoms with Crippen molar-refractivity contribution in [3.8, 4) is 11.8 Å². The van der Waals surface area contributed by atoms with Crippen LogP contribution < -0.4 is 4.74 Å². The van der Waals surface area contributed by atoms with E-state index in [1.54, 1.807) is 12.1 Å². The summed E-state index contributed by atoms with van der Waals surface area (Å²) >= 11 is 0. The Bertz CT molecular complexity index is 453. The lowest BCUT2D eigenvalue weighted by molar-refractivity contribution is -0.00912. The Morgan fingerprint density at radius 2 is 2.10 bits per heavy atom. The summed E-state index contributed by atoms with van der Waals surface area (Å²) in [6.45, 7) is 3.68. The third-order valence-corrected chi connectivity index (χ3v) is 3.89. The molecule has 0 heterocycles. The highest BCUT2D eigenvalue weighted by atomic mass is 16.5. The van der Waals surface area contributed by atoms with E-state index < -0.39 is 0 Å². The molecule has 3 nitrogen and oxygen atoms in total. The van der Waals surface area contributed by atoms with Gasteiger partial charge in [-0.1, -0.05) is 25.8 Å². The SMILES string of the molecule is CC1CCCCC1OCCCOc1cccc(C#N)c1. The lowest BCUT2D eigenvalue weighted by Gasteiger charge is -2.28. The van der Waals surface area contributed by atoms with Gasteiger partial charge in [-0.3, -0.25) is 0 Å². The maximum Gasteiger partial charge on any atom is 0.120 e. The van der Waals surface area contributed by atoms with Gasteiger partial charge in [-0.25, -0.2) is 0 Å². The van der Waals surface area contributed by atoms with Gasteiger partial charge in [-0.2, -0.15) is 5.26 Å². The number of nitrogens with zero attached hydrogens (tertiary/aromatic N) is 1. The molecule has 2 unspecified atom stereocenters. The van der Waals surface area contributed by atoms with Crippen LogP contribution in [0.5, 0.6) is 5.75 Å². The molecule has 0 aliphatic heterocycles. The molecule has 0 aromatic heterocycles. The summed E-state index contributed by atoms with van der Waals surface area (Å²) in [4.78, 5) is 0. The van der Waals surface area contributed by atoms with Crippen LogP contribution in [0.25, 0.3) is 0 Å². The zero-order valence-electron chi connectivity index (χ0n) is 12.2. The van der Waals surface area contributed by atoms with Gasteiger partial charge in [-0.05, 0) is 37.0 Å².